The molecule has 2 aromatic carbocycles. The molecule has 0 aliphatic carbocycles. The van der Waals surface area contributed by atoms with E-state index in [2.05, 4.69) is 16.0 Å². The molecular weight excluding hydrogens is 454 g/mol. The van der Waals surface area contributed by atoms with E-state index in [0.717, 1.165) is 21.2 Å². The van der Waals surface area contributed by atoms with E-state index < -0.39 is 24.3 Å². The molecule has 3 N–H and O–H groups in total. The first-order valence-electron chi connectivity index (χ1n) is 11.4. The topological polar surface area (TPSA) is 106 Å². The van der Waals surface area contributed by atoms with Crippen LogP contribution >= 0.6 is 11.8 Å². The van der Waals surface area contributed by atoms with Crippen molar-refractivity contribution in [1.29, 1.82) is 0 Å². The Morgan fingerprint density at radius 3 is 2.68 bits per heavy atom. The van der Waals surface area contributed by atoms with Gasteiger partial charge in [0.1, 0.15) is 6.04 Å². The van der Waals surface area contributed by atoms with Crippen LogP contribution in [0.4, 0.5) is 11.4 Å². The highest BCUT2D eigenvalue weighted by atomic mass is 32.2. The third-order valence-corrected chi connectivity index (χ3v) is 6.75. The number of amides is 2. The molecule has 2 unspecified atom stereocenters. The van der Waals surface area contributed by atoms with E-state index in [9.17, 15) is 14.4 Å². The van der Waals surface area contributed by atoms with Crippen molar-refractivity contribution in [2.45, 2.75) is 61.8 Å². The predicted molar refractivity (Wildman–Crippen MR) is 129 cm³/mol. The molecule has 0 saturated carbocycles. The maximum atomic E-state index is 13.1. The molecule has 8 nitrogen and oxygen atoms in total. The second-order valence-electron chi connectivity index (χ2n) is 8.84. The molecule has 180 valence electrons. The van der Waals surface area contributed by atoms with E-state index in [0.29, 0.717) is 25.0 Å². The van der Waals surface area contributed by atoms with E-state index in [1.165, 1.54) is 6.92 Å². The maximum absolute atomic E-state index is 13.1. The van der Waals surface area contributed by atoms with Gasteiger partial charge in [-0.1, -0.05) is 37.7 Å². The van der Waals surface area contributed by atoms with E-state index in [1.807, 2.05) is 44.2 Å². The molecule has 2 aromatic rings. The Morgan fingerprint density at radius 1 is 1.15 bits per heavy atom. The molecule has 2 heterocycles. The molecule has 1 saturated heterocycles. The predicted octanol–water partition coefficient (Wildman–Crippen LogP) is 3.83. The number of esters is 1. The quantitative estimate of drug-likeness (QED) is 0.439. The first-order valence-corrected chi connectivity index (χ1v) is 12.2. The number of anilines is 2. The van der Waals surface area contributed by atoms with Crippen LogP contribution in [0, 0.1) is 5.92 Å². The summed E-state index contributed by atoms with van der Waals surface area (Å²) in [4.78, 5) is 39.6. The Labute approximate surface area is 203 Å². The van der Waals surface area contributed by atoms with Crippen LogP contribution in [-0.4, -0.2) is 42.8 Å². The number of carbonyl (C=O) groups is 3. The number of para-hydroxylation sites is 1. The van der Waals surface area contributed by atoms with Crippen molar-refractivity contribution in [3.05, 3.63) is 48.0 Å². The highest BCUT2D eigenvalue weighted by Crippen LogP contribution is 2.44. The summed E-state index contributed by atoms with van der Waals surface area (Å²) in [5.74, 6) is -0.943. The Bertz CT molecular complexity index is 1090. The Balaban J connectivity index is 1.45. The van der Waals surface area contributed by atoms with Crippen LogP contribution in [0.3, 0.4) is 0 Å². The summed E-state index contributed by atoms with van der Waals surface area (Å²) in [5, 5.41) is 9.15. The van der Waals surface area contributed by atoms with E-state index in [-0.39, 0.29) is 17.7 Å². The highest BCUT2D eigenvalue weighted by Gasteiger charge is 2.34. The number of hydrogen-bond donors (Lipinski definition) is 3. The van der Waals surface area contributed by atoms with Gasteiger partial charge in [0.15, 0.2) is 0 Å². The second kappa shape index (κ2) is 10.5. The van der Waals surface area contributed by atoms with Crippen molar-refractivity contribution in [3.63, 3.8) is 0 Å². The summed E-state index contributed by atoms with van der Waals surface area (Å²) in [5.41, 5.74) is 2.32. The van der Waals surface area contributed by atoms with Crippen LogP contribution in [-0.2, 0) is 19.1 Å². The normalized spacial score (nSPS) is 19.4. The van der Waals surface area contributed by atoms with Crippen LogP contribution < -0.4 is 16.0 Å². The van der Waals surface area contributed by atoms with Crippen molar-refractivity contribution >= 4 is 40.9 Å². The summed E-state index contributed by atoms with van der Waals surface area (Å²) in [7, 11) is 0. The molecular formula is C25H29N3O5S. The van der Waals surface area contributed by atoms with Crippen LogP contribution in [0.2, 0.25) is 0 Å². The summed E-state index contributed by atoms with van der Waals surface area (Å²) >= 11 is 1.65. The lowest BCUT2D eigenvalue weighted by Gasteiger charge is -2.25. The van der Waals surface area contributed by atoms with E-state index in [1.54, 1.807) is 23.9 Å². The van der Waals surface area contributed by atoms with Crippen LogP contribution in [0.25, 0.3) is 0 Å². The van der Waals surface area contributed by atoms with Gasteiger partial charge in [0.2, 0.25) is 12.2 Å². The minimum Gasteiger partial charge on any atom is -0.434 e. The Hall–Kier alpha value is -3.04. The molecule has 0 bridgehead atoms. The van der Waals surface area contributed by atoms with Gasteiger partial charge in [-0.05, 0) is 49.1 Å². The number of hydrogen-bond acceptors (Lipinski definition) is 7. The van der Waals surface area contributed by atoms with Gasteiger partial charge >= 0.3 is 5.97 Å². The van der Waals surface area contributed by atoms with Gasteiger partial charge in [0.25, 0.3) is 5.91 Å². The average Bonchev–Trinajstić information content (AvgIpc) is 3.22. The van der Waals surface area contributed by atoms with Crippen molar-refractivity contribution in [2.24, 2.45) is 5.92 Å². The Kier molecular flexibility index (Phi) is 7.43. The molecule has 2 aliphatic heterocycles. The van der Waals surface area contributed by atoms with Crippen molar-refractivity contribution in [1.82, 2.24) is 10.6 Å². The zero-order valence-electron chi connectivity index (χ0n) is 19.4. The van der Waals surface area contributed by atoms with Gasteiger partial charge in [0, 0.05) is 22.3 Å². The molecule has 0 radical (unpaired) electrons. The molecule has 2 aliphatic rings. The average molecular weight is 484 g/mol. The van der Waals surface area contributed by atoms with Gasteiger partial charge in [-0.15, -0.1) is 0 Å². The number of nitrogens with one attached hydrogen (secondary N) is 3. The standard InChI is InChI=1S/C25H29N3O5S/c1-14(2)12-20(24(31)27-18-10-11-32-25(18)33-15(3)29)28-23(30)16-8-9-22-19(13-16)26-17-6-4-5-7-21(17)34-22/h4-9,13-14,18,20,25-26H,10-12H2,1-3H3,(H,27,31)(H,28,30)/t18?,20-,25?/m0/s1. The van der Waals surface area contributed by atoms with Gasteiger partial charge in [-0.25, -0.2) is 0 Å². The zero-order valence-corrected chi connectivity index (χ0v) is 20.2. The second-order valence-corrected chi connectivity index (χ2v) is 9.93. The lowest BCUT2D eigenvalue weighted by Crippen LogP contribution is -2.52. The molecule has 0 aromatic heterocycles. The first-order chi connectivity index (χ1) is 16.3. The van der Waals surface area contributed by atoms with Crippen molar-refractivity contribution < 1.29 is 23.9 Å². The number of carbonyl (C=O) groups excluding carboxylic acids is 3. The fraction of sp³-hybridized carbons (Fsp3) is 0.400. The lowest BCUT2D eigenvalue weighted by molar-refractivity contribution is -0.170. The summed E-state index contributed by atoms with van der Waals surface area (Å²) in [6.07, 6.45) is 0.182. The number of rotatable bonds is 7. The highest BCUT2D eigenvalue weighted by molar-refractivity contribution is 7.99. The molecule has 3 atom stereocenters. The maximum Gasteiger partial charge on any atom is 0.305 e. The van der Waals surface area contributed by atoms with Crippen LogP contribution in [0.5, 0.6) is 0 Å². The first kappa shape index (κ1) is 24.1. The van der Waals surface area contributed by atoms with Crippen LogP contribution in [0.1, 0.15) is 44.0 Å². The molecule has 9 heteroatoms. The molecule has 1 fully saturated rings. The van der Waals surface area contributed by atoms with E-state index >= 15 is 0 Å². The van der Waals surface area contributed by atoms with Crippen molar-refractivity contribution in [2.75, 3.05) is 11.9 Å². The summed E-state index contributed by atoms with van der Waals surface area (Å²) < 4.78 is 10.6. The van der Waals surface area contributed by atoms with E-state index in [4.69, 9.17) is 9.47 Å². The number of fused-ring (bicyclic) bond motifs is 2. The van der Waals surface area contributed by atoms with Gasteiger partial charge < -0.3 is 25.4 Å². The number of benzene rings is 2. The minimum absolute atomic E-state index is 0.179. The molecule has 2 amide bonds. The Morgan fingerprint density at radius 2 is 1.91 bits per heavy atom. The van der Waals surface area contributed by atoms with Gasteiger partial charge in [-0.2, -0.15) is 0 Å². The SMILES string of the molecule is CC(=O)OC1OCCC1NC(=O)[C@H](CC(C)C)NC(=O)c1ccc2c(c1)Nc1ccccc1S2. The third-order valence-electron chi connectivity index (χ3n) is 5.60. The lowest BCUT2D eigenvalue weighted by atomic mass is 10.0. The van der Waals surface area contributed by atoms with Crippen molar-refractivity contribution in [3.8, 4) is 0 Å². The van der Waals surface area contributed by atoms with Crippen LogP contribution in [0.15, 0.2) is 52.3 Å². The minimum atomic E-state index is -0.816. The van der Waals surface area contributed by atoms with Gasteiger partial charge in [0.05, 0.1) is 24.0 Å². The molecule has 4 rings (SSSR count). The number of ether oxygens (including phenoxy) is 2. The molecule has 0 spiro atoms. The molecule has 34 heavy (non-hydrogen) atoms. The zero-order chi connectivity index (χ0) is 24.2. The largest absolute Gasteiger partial charge is 0.434 e. The summed E-state index contributed by atoms with van der Waals surface area (Å²) in [6, 6.07) is 12.3. The fourth-order valence-electron chi connectivity index (χ4n) is 3.99. The van der Waals surface area contributed by atoms with Gasteiger partial charge in [-0.3, -0.25) is 14.4 Å². The third kappa shape index (κ3) is 5.71. The smallest absolute Gasteiger partial charge is 0.305 e. The monoisotopic (exact) mass is 483 g/mol. The summed E-state index contributed by atoms with van der Waals surface area (Å²) in [6.45, 7) is 5.66. The fourth-order valence-corrected chi connectivity index (χ4v) is 4.96.